The summed E-state index contributed by atoms with van der Waals surface area (Å²) in [5, 5.41) is 0. The van der Waals surface area contributed by atoms with Gasteiger partial charge in [-0.25, -0.2) is 0 Å². The Balaban J connectivity index is 2.51. The SMILES string of the molecule is C=Cc1ccc(OC(F)(F)F)c(-c2ccc(C)s2)c1. The monoisotopic (exact) mass is 284 g/mol. The Labute approximate surface area is 113 Å². The molecule has 0 amide bonds. The minimum atomic E-state index is -4.70. The molecule has 0 aliphatic heterocycles. The van der Waals surface area contributed by atoms with Crippen LogP contribution in [0, 0.1) is 6.92 Å². The molecule has 2 rings (SSSR count). The van der Waals surface area contributed by atoms with Gasteiger partial charge in [0.1, 0.15) is 5.75 Å². The molecule has 0 saturated heterocycles. The van der Waals surface area contributed by atoms with Gasteiger partial charge in [-0.15, -0.1) is 24.5 Å². The van der Waals surface area contributed by atoms with Gasteiger partial charge in [0.05, 0.1) is 0 Å². The number of ether oxygens (including phenoxy) is 1. The van der Waals surface area contributed by atoms with Crippen molar-refractivity contribution in [1.82, 2.24) is 0 Å². The summed E-state index contributed by atoms with van der Waals surface area (Å²) in [5.74, 6) is -0.194. The van der Waals surface area contributed by atoms with Crippen molar-refractivity contribution in [3.05, 3.63) is 47.4 Å². The highest BCUT2D eigenvalue weighted by Gasteiger charge is 2.32. The van der Waals surface area contributed by atoms with Crippen LogP contribution in [0.25, 0.3) is 16.5 Å². The van der Waals surface area contributed by atoms with Gasteiger partial charge in [-0.05, 0) is 36.8 Å². The smallest absolute Gasteiger partial charge is 0.405 e. The lowest BCUT2D eigenvalue weighted by atomic mass is 10.1. The van der Waals surface area contributed by atoms with Crippen LogP contribution in [0.3, 0.4) is 0 Å². The standard InChI is InChI=1S/C14H11F3OS/c1-3-10-5-6-12(18-14(15,16)17)11(8-10)13-7-4-9(2)19-13/h3-8H,1H2,2H3. The van der Waals surface area contributed by atoms with E-state index in [1.54, 1.807) is 18.2 Å². The summed E-state index contributed by atoms with van der Waals surface area (Å²) in [6.07, 6.45) is -3.11. The van der Waals surface area contributed by atoms with E-state index >= 15 is 0 Å². The molecule has 1 heterocycles. The third kappa shape index (κ3) is 3.38. The maximum atomic E-state index is 12.4. The van der Waals surface area contributed by atoms with Crippen LogP contribution >= 0.6 is 11.3 Å². The normalized spacial score (nSPS) is 11.4. The molecular weight excluding hydrogens is 273 g/mol. The summed E-state index contributed by atoms with van der Waals surface area (Å²) in [4.78, 5) is 1.76. The number of benzene rings is 1. The van der Waals surface area contributed by atoms with Crippen LogP contribution in [0.4, 0.5) is 13.2 Å². The summed E-state index contributed by atoms with van der Waals surface area (Å²) in [5.41, 5.74) is 1.17. The van der Waals surface area contributed by atoms with Crippen molar-refractivity contribution in [3.63, 3.8) is 0 Å². The molecule has 0 spiro atoms. The highest BCUT2D eigenvalue weighted by atomic mass is 32.1. The predicted octanol–water partition coefficient (Wildman–Crippen LogP) is 5.27. The molecule has 100 valence electrons. The van der Waals surface area contributed by atoms with Gasteiger partial charge < -0.3 is 4.74 Å². The molecule has 0 bridgehead atoms. The Kier molecular flexibility index (Phi) is 3.66. The van der Waals surface area contributed by atoms with E-state index in [2.05, 4.69) is 11.3 Å². The highest BCUT2D eigenvalue weighted by molar-refractivity contribution is 7.15. The summed E-state index contributed by atoms with van der Waals surface area (Å²) < 4.78 is 41.2. The summed E-state index contributed by atoms with van der Waals surface area (Å²) in [7, 11) is 0. The summed E-state index contributed by atoms with van der Waals surface area (Å²) >= 11 is 1.42. The molecule has 0 fully saturated rings. The zero-order valence-corrected chi connectivity index (χ0v) is 10.9. The van der Waals surface area contributed by atoms with Crippen LogP contribution in [-0.4, -0.2) is 6.36 Å². The average Bonchev–Trinajstić information content (AvgIpc) is 2.74. The fourth-order valence-corrected chi connectivity index (χ4v) is 2.55. The molecule has 0 radical (unpaired) electrons. The van der Waals surface area contributed by atoms with Crippen molar-refractivity contribution in [1.29, 1.82) is 0 Å². The van der Waals surface area contributed by atoms with E-state index in [0.29, 0.717) is 5.56 Å². The fraction of sp³-hybridized carbons (Fsp3) is 0.143. The Morgan fingerprint density at radius 2 is 1.95 bits per heavy atom. The summed E-state index contributed by atoms with van der Waals surface area (Å²) in [6, 6.07) is 8.13. The van der Waals surface area contributed by atoms with Crippen molar-refractivity contribution in [2.45, 2.75) is 13.3 Å². The molecule has 1 aromatic carbocycles. The molecule has 0 aliphatic rings. The van der Waals surface area contributed by atoms with E-state index in [-0.39, 0.29) is 5.75 Å². The molecule has 1 nitrogen and oxygen atoms in total. The van der Waals surface area contributed by atoms with Gasteiger partial charge in [-0.2, -0.15) is 0 Å². The van der Waals surface area contributed by atoms with Crippen molar-refractivity contribution in [2.24, 2.45) is 0 Å². The first-order valence-electron chi connectivity index (χ1n) is 5.48. The lowest BCUT2D eigenvalue weighted by molar-refractivity contribution is -0.274. The van der Waals surface area contributed by atoms with Crippen LogP contribution in [0.15, 0.2) is 36.9 Å². The number of thiophene rings is 1. The van der Waals surface area contributed by atoms with Crippen LogP contribution in [0.2, 0.25) is 0 Å². The molecule has 0 aliphatic carbocycles. The molecule has 0 N–H and O–H groups in total. The zero-order chi connectivity index (χ0) is 14.0. The maximum Gasteiger partial charge on any atom is 0.573 e. The molecule has 0 saturated carbocycles. The first-order chi connectivity index (χ1) is 8.89. The van der Waals surface area contributed by atoms with Crippen molar-refractivity contribution >= 4 is 17.4 Å². The molecule has 1 aromatic heterocycles. The largest absolute Gasteiger partial charge is 0.573 e. The van der Waals surface area contributed by atoms with E-state index in [1.807, 2.05) is 13.0 Å². The first-order valence-corrected chi connectivity index (χ1v) is 6.30. The van der Waals surface area contributed by atoms with Crippen LogP contribution in [-0.2, 0) is 0 Å². The van der Waals surface area contributed by atoms with Crippen molar-refractivity contribution in [2.75, 3.05) is 0 Å². The number of halogens is 3. The van der Waals surface area contributed by atoms with Gasteiger partial charge >= 0.3 is 6.36 Å². The lowest BCUT2D eigenvalue weighted by Crippen LogP contribution is -2.17. The van der Waals surface area contributed by atoms with E-state index in [1.165, 1.54) is 23.5 Å². The number of alkyl halides is 3. The van der Waals surface area contributed by atoms with E-state index in [4.69, 9.17) is 0 Å². The van der Waals surface area contributed by atoms with Crippen molar-refractivity contribution < 1.29 is 17.9 Å². The van der Waals surface area contributed by atoms with Crippen LogP contribution in [0.1, 0.15) is 10.4 Å². The lowest BCUT2D eigenvalue weighted by Gasteiger charge is -2.13. The van der Waals surface area contributed by atoms with E-state index < -0.39 is 6.36 Å². The van der Waals surface area contributed by atoms with Gasteiger partial charge in [-0.1, -0.05) is 18.7 Å². The van der Waals surface area contributed by atoms with Gasteiger partial charge in [0, 0.05) is 15.3 Å². The zero-order valence-electron chi connectivity index (χ0n) is 10.1. The Hall–Kier alpha value is -1.75. The summed E-state index contributed by atoms with van der Waals surface area (Å²) in [6.45, 7) is 5.51. The minimum Gasteiger partial charge on any atom is -0.405 e. The Bertz CT molecular complexity index is 599. The number of rotatable bonds is 3. The third-order valence-electron chi connectivity index (χ3n) is 2.47. The fourth-order valence-electron chi connectivity index (χ4n) is 1.66. The molecule has 0 atom stereocenters. The second kappa shape index (κ2) is 5.09. The Morgan fingerprint density at radius 3 is 2.47 bits per heavy atom. The minimum absolute atomic E-state index is 0.194. The van der Waals surface area contributed by atoms with Gasteiger partial charge in [0.25, 0.3) is 0 Å². The predicted molar refractivity (Wildman–Crippen MR) is 71.3 cm³/mol. The molecule has 0 unspecified atom stereocenters. The van der Waals surface area contributed by atoms with Gasteiger partial charge in [0.15, 0.2) is 0 Å². The average molecular weight is 284 g/mol. The van der Waals surface area contributed by atoms with Crippen molar-refractivity contribution in [3.8, 4) is 16.2 Å². The number of aryl methyl sites for hydroxylation is 1. The Morgan fingerprint density at radius 1 is 1.21 bits per heavy atom. The molecule has 2 aromatic rings. The topological polar surface area (TPSA) is 9.23 Å². The number of hydrogen-bond acceptors (Lipinski definition) is 2. The second-order valence-corrected chi connectivity index (χ2v) is 5.21. The quantitative estimate of drug-likeness (QED) is 0.746. The van der Waals surface area contributed by atoms with Crippen LogP contribution < -0.4 is 4.74 Å². The molecule has 19 heavy (non-hydrogen) atoms. The van der Waals surface area contributed by atoms with E-state index in [0.717, 1.165) is 15.3 Å². The second-order valence-electron chi connectivity index (χ2n) is 3.92. The van der Waals surface area contributed by atoms with E-state index in [9.17, 15) is 13.2 Å². The third-order valence-corrected chi connectivity index (χ3v) is 3.50. The molecule has 5 heteroatoms. The van der Waals surface area contributed by atoms with Gasteiger partial charge in [-0.3, -0.25) is 0 Å². The first kappa shape index (κ1) is 13.7. The molecular formula is C14H11F3OS. The highest BCUT2D eigenvalue weighted by Crippen LogP contribution is 2.38. The maximum absolute atomic E-state index is 12.4. The van der Waals surface area contributed by atoms with Crippen LogP contribution in [0.5, 0.6) is 5.75 Å². The number of hydrogen-bond donors (Lipinski definition) is 0. The van der Waals surface area contributed by atoms with Gasteiger partial charge in [0.2, 0.25) is 0 Å².